The predicted octanol–water partition coefficient (Wildman–Crippen LogP) is 4.11. The quantitative estimate of drug-likeness (QED) is 0.514. The maximum atomic E-state index is 5.29. The highest BCUT2D eigenvalue weighted by Gasteiger charge is 2.01. The third-order valence-electron chi connectivity index (χ3n) is 2.55. The Morgan fingerprint density at radius 1 is 1.20 bits per heavy atom. The minimum absolute atomic E-state index is 0.544. The van der Waals surface area contributed by atoms with Gasteiger partial charge in [-0.25, -0.2) is 5.01 Å². The number of hydrogen-bond donors (Lipinski definition) is 1. The molecule has 0 saturated carbocycles. The molecule has 0 atom stereocenters. The Hall–Kier alpha value is -1.72. The van der Waals surface area contributed by atoms with Gasteiger partial charge in [0.05, 0.1) is 6.21 Å². The van der Waals surface area contributed by atoms with Gasteiger partial charge in [-0.15, -0.1) is 0 Å². The average molecular weight is 348 g/mol. The Morgan fingerprint density at radius 3 is 2.65 bits per heavy atom. The lowest BCUT2D eigenvalue weighted by atomic mass is 10.2. The number of nitrogens with zero attached hydrogens (tertiary/aromatic N) is 2. The van der Waals surface area contributed by atoms with Gasteiger partial charge in [-0.3, -0.25) is 0 Å². The highest BCUT2D eigenvalue weighted by molar-refractivity contribution is 9.10. The van der Waals surface area contributed by atoms with Crippen molar-refractivity contribution in [3.63, 3.8) is 0 Å². The molecule has 0 heterocycles. The molecule has 2 aromatic rings. The van der Waals surface area contributed by atoms with Crippen LogP contribution in [0.4, 0.5) is 5.69 Å². The molecular formula is C15H14BrN3S. The third-order valence-corrected chi connectivity index (χ3v) is 3.41. The number of hydrazone groups is 1. The van der Waals surface area contributed by atoms with Crippen molar-refractivity contribution in [3.8, 4) is 0 Å². The number of hydrogen-bond acceptors (Lipinski definition) is 2. The van der Waals surface area contributed by atoms with E-state index >= 15 is 0 Å². The van der Waals surface area contributed by atoms with E-state index in [1.165, 1.54) is 0 Å². The number of anilines is 1. The summed E-state index contributed by atoms with van der Waals surface area (Å²) in [5.74, 6) is 0. The van der Waals surface area contributed by atoms with E-state index < -0.39 is 0 Å². The Labute approximate surface area is 132 Å². The van der Waals surface area contributed by atoms with Crippen LogP contribution in [0.5, 0.6) is 0 Å². The third kappa shape index (κ3) is 4.43. The molecule has 0 aliphatic carbocycles. The zero-order valence-corrected chi connectivity index (χ0v) is 13.4. The second-order valence-electron chi connectivity index (χ2n) is 4.12. The first-order chi connectivity index (χ1) is 9.65. The van der Waals surface area contributed by atoms with Gasteiger partial charge in [0.1, 0.15) is 0 Å². The Balaban J connectivity index is 1.97. The zero-order chi connectivity index (χ0) is 14.4. The average Bonchev–Trinajstić information content (AvgIpc) is 2.46. The molecule has 2 rings (SSSR count). The van der Waals surface area contributed by atoms with Gasteiger partial charge < -0.3 is 5.32 Å². The number of para-hydroxylation sites is 1. The van der Waals surface area contributed by atoms with Crippen LogP contribution in [0.3, 0.4) is 0 Å². The highest BCUT2D eigenvalue weighted by atomic mass is 79.9. The maximum absolute atomic E-state index is 5.29. The summed E-state index contributed by atoms with van der Waals surface area (Å²) in [6.45, 7) is 0. The lowest BCUT2D eigenvalue weighted by Gasteiger charge is -2.15. The molecule has 102 valence electrons. The fraction of sp³-hybridized carbons (Fsp3) is 0.0667. The maximum Gasteiger partial charge on any atom is 0.193 e. The first kappa shape index (κ1) is 14.7. The molecule has 0 aromatic heterocycles. The molecule has 3 nitrogen and oxygen atoms in total. The minimum atomic E-state index is 0.544. The molecule has 1 N–H and O–H groups in total. The normalized spacial score (nSPS) is 10.5. The van der Waals surface area contributed by atoms with Gasteiger partial charge in [0, 0.05) is 17.2 Å². The van der Waals surface area contributed by atoms with E-state index in [1.54, 1.807) is 11.2 Å². The lowest BCUT2D eigenvalue weighted by molar-refractivity contribution is 0.557. The summed E-state index contributed by atoms with van der Waals surface area (Å²) < 4.78 is 1.02. The van der Waals surface area contributed by atoms with Crippen LogP contribution in [0.15, 0.2) is 64.2 Å². The van der Waals surface area contributed by atoms with Crippen LogP contribution < -0.4 is 5.32 Å². The first-order valence-electron chi connectivity index (χ1n) is 6.04. The number of benzene rings is 2. The molecule has 2 aromatic carbocycles. The number of halogens is 1. The minimum Gasteiger partial charge on any atom is -0.331 e. The number of nitrogens with one attached hydrogen (secondary N) is 1. The summed E-state index contributed by atoms with van der Waals surface area (Å²) in [7, 11) is 1.81. The Kier molecular flexibility index (Phi) is 5.26. The van der Waals surface area contributed by atoms with Crippen molar-refractivity contribution in [1.29, 1.82) is 0 Å². The van der Waals surface area contributed by atoms with E-state index in [2.05, 4.69) is 26.3 Å². The molecule has 5 heteroatoms. The molecular weight excluding hydrogens is 334 g/mol. The van der Waals surface area contributed by atoms with Gasteiger partial charge in [-0.05, 0) is 42.0 Å². The van der Waals surface area contributed by atoms with Crippen LogP contribution in [0.25, 0.3) is 0 Å². The Bertz CT molecular complexity index is 614. The fourth-order valence-corrected chi connectivity index (χ4v) is 2.10. The van der Waals surface area contributed by atoms with Crippen LogP contribution in [0.2, 0.25) is 0 Å². The topological polar surface area (TPSA) is 27.6 Å². The molecule has 0 spiro atoms. The fourth-order valence-electron chi connectivity index (χ4n) is 1.52. The predicted molar refractivity (Wildman–Crippen MR) is 92.2 cm³/mol. The summed E-state index contributed by atoms with van der Waals surface area (Å²) in [5, 5.41) is 9.61. The second kappa shape index (κ2) is 7.17. The van der Waals surface area contributed by atoms with E-state index in [0.717, 1.165) is 15.7 Å². The van der Waals surface area contributed by atoms with E-state index in [-0.39, 0.29) is 0 Å². The molecule has 0 radical (unpaired) electrons. The zero-order valence-electron chi connectivity index (χ0n) is 11.0. The van der Waals surface area contributed by atoms with Crippen molar-refractivity contribution in [1.82, 2.24) is 5.01 Å². The molecule has 0 aliphatic rings. The number of rotatable bonds is 3. The van der Waals surface area contributed by atoms with Crippen molar-refractivity contribution >= 4 is 45.2 Å². The largest absolute Gasteiger partial charge is 0.331 e. The molecule has 0 bridgehead atoms. The van der Waals surface area contributed by atoms with E-state index in [4.69, 9.17) is 12.2 Å². The van der Waals surface area contributed by atoms with Gasteiger partial charge in [0.15, 0.2) is 5.11 Å². The van der Waals surface area contributed by atoms with E-state index in [0.29, 0.717) is 5.11 Å². The molecule has 20 heavy (non-hydrogen) atoms. The van der Waals surface area contributed by atoms with Crippen LogP contribution in [0, 0.1) is 0 Å². The molecule has 0 saturated heterocycles. The van der Waals surface area contributed by atoms with Crippen molar-refractivity contribution in [2.24, 2.45) is 5.10 Å². The van der Waals surface area contributed by atoms with Gasteiger partial charge in [0.2, 0.25) is 0 Å². The molecule has 0 amide bonds. The van der Waals surface area contributed by atoms with E-state index in [1.807, 2.05) is 61.6 Å². The summed E-state index contributed by atoms with van der Waals surface area (Å²) in [6.07, 6.45) is 1.77. The van der Waals surface area contributed by atoms with Gasteiger partial charge >= 0.3 is 0 Å². The SMILES string of the molecule is CN(/N=C/c1cccc(Br)c1)C(=S)Nc1ccccc1. The van der Waals surface area contributed by atoms with Gasteiger partial charge in [-0.1, -0.05) is 46.3 Å². The van der Waals surface area contributed by atoms with Crippen molar-refractivity contribution < 1.29 is 0 Å². The van der Waals surface area contributed by atoms with E-state index in [9.17, 15) is 0 Å². The second-order valence-corrected chi connectivity index (χ2v) is 5.42. The van der Waals surface area contributed by atoms with Gasteiger partial charge in [0.25, 0.3) is 0 Å². The van der Waals surface area contributed by atoms with Crippen LogP contribution in [-0.4, -0.2) is 23.4 Å². The van der Waals surface area contributed by atoms with Crippen molar-refractivity contribution in [2.45, 2.75) is 0 Å². The van der Waals surface area contributed by atoms with Crippen LogP contribution >= 0.6 is 28.1 Å². The molecule has 0 fully saturated rings. The summed E-state index contributed by atoms with van der Waals surface area (Å²) in [5.41, 5.74) is 1.95. The highest BCUT2D eigenvalue weighted by Crippen LogP contribution is 2.10. The summed E-state index contributed by atoms with van der Waals surface area (Å²) in [4.78, 5) is 0. The van der Waals surface area contributed by atoms with Crippen LogP contribution in [0.1, 0.15) is 5.56 Å². The smallest absolute Gasteiger partial charge is 0.193 e. The monoisotopic (exact) mass is 347 g/mol. The van der Waals surface area contributed by atoms with Crippen molar-refractivity contribution in [2.75, 3.05) is 12.4 Å². The Morgan fingerprint density at radius 2 is 1.95 bits per heavy atom. The first-order valence-corrected chi connectivity index (χ1v) is 7.24. The van der Waals surface area contributed by atoms with Crippen LogP contribution in [-0.2, 0) is 0 Å². The number of thiocarbonyl (C=S) groups is 1. The molecule has 0 unspecified atom stereocenters. The van der Waals surface area contributed by atoms with Crippen molar-refractivity contribution in [3.05, 3.63) is 64.6 Å². The summed E-state index contributed by atoms with van der Waals surface area (Å²) in [6, 6.07) is 17.7. The standard InChI is InChI=1S/C15H14BrN3S/c1-19(15(20)18-14-8-3-2-4-9-14)17-11-12-6-5-7-13(16)10-12/h2-11H,1H3,(H,18,20)/b17-11+. The van der Waals surface area contributed by atoms with Gasteiger partial charge in [-0.2, -0.15) is 5.10 Å². The summed E-state index contributed by atoms with van der Waals surface area (Å²) >= 11 is 8.72. The molecule has 0 aliphatic heterocycles. The lowest BCUT2D eigenvalue weighted by Crippen LogP contribution is -2.26.